The van der Waals surface area contributed by atoms with Gasteiger partial charge in [0, 0.05) is 18.2 Å². The second kappa shape index (κ2) is 3.39. The predicted octanol–water partition coefficient (Wildman–Crippen LogP) is 1.75. The SMILES string of the molecule is c1n[nH]c(C2CC2)c1C1CCCNC1. The van der Waals surface area contributed by atoms with Gasteiger partial charge in [-0.3, -0.25) is 5.10 Å². The zero-order valence-electron chi connectivity index (χ0n) is 8.42. The zero-order chi connectivity index (χ0) is 9.38. The van der Waals surface area contributed by atoms with Gasteiger partial charge < -0.3 is 5.32 Å². The lowest BCUT2D eigenvalue weighted by Gasteiger charge is -2.22. The molecule has 1 saturated heterocycles. The topological polar surface area (TPSA) is 40.7 Å². The van der Waals surface area contributed by atoms with Gasteiger partial charge >= 0.3 is 0 Å². The number of H-pyrrole nitrogens is 1. The van der Waals surface area contributed by atoms with Gasteiger partial charge in [-0.15, -0.1) is 0 Å². The third-order valence-corrected chi connectivity index (χ3v) is 3.42. The van der Waals surface area contributed by atoms with Crippen LogP contribution in [-0.4, -0.2) is 23.3 Å². The maximum Gasteiger partial charge on any atom is 0.0525 e. The molecule has 3 nitrogen and oxygen atoms in total. The number of aromatic nitrogens is 2. The van der Waals surface area contributed by atoms with E-state index in [0.717, 1.165) is 12.5 Å². The van der Waals surface area contributed by atoms with Crippen LogP contribution in [0.5, 0.6) is 0 Å². The summed E-state index contributed by atoms with van der Waals surface area (Å²) in [5.74, 6) is 1.51. The maximum atomic E-state index is 4.21. The van der Waals surface area contributed by atoms with Crippen molar-refractivity contribution in [3.63, 3.8) is 0 Å². The number of hydrogen-bond acceptors (Lipinski definition) is 2. The summed E-state index contributed by atoms with van der Waals surface area (Å²) >= 11 is 0. The highest BCUT2D eigenvalue weighted by Crippen LogP contribution is 2.42. The van der Waals surface area contributed by atoms with Crippen LogP contribution in [-0.2, 0) is 0 Å². The van der Waals surface area contributed by atoms with Crippen molar-refractivity contribution in [3.8, 4) is 0 Å². The average Bonchev–Trinajstić information content (AvgIpc) is 2.98. The minimum atomic E-state index is 0.707. The first-order valence-electron chi connectivity index (χ1n) is 5.69. The van der Waals surface area contributed by atoms with Crippen molar-refractivity contribution < 1.29 is 0 Å². The number of nitrogens with zero attached hydrogens (tertiary/aromatic N) is 1. The first-order chi connectivity index (χ1) is 6.95. The van der Waals surface area contributed by atoms with Gasteiger partial charge in [-0.25, -0.2) is 0 Å². The van der Waals surface area contributed by atoms with E-state index < -0.39 is 0 Å². The Hall–Kier alpha value is -0.830. The van der Waals surface area contributed by atoms with Crippen molar-refractivity contribution in [3.05, 3.63) is 17.5 Å². The zero-order valence-corrected chi connectivity index (χ0v) is 8.42. The number of hydrogen-bond donors (Lipinski definition) is 2. The van der Waals surface area contributed by atoms with Gasteiger partial charge in [-0.1, -0.05) is 0 Å². The first-order valence-corrected chi connectivity index (χ1v) is 5.69. The molecule has 0 spiro atoms. The van der Waals surface area contributed by atoms with Crippen LogP contribution in [0.4, 0.5) is 0 Å². The highest BCUT2D eigenvalue weighted by molar-refractivity contribution is 5.28. The van der Waals surface area contributed by atoms with Crippen LogP contribution in [0.25, 0.3) is 0 Å². The summed E-state index contributed by atoms with van der Waals surface area (Å²) in [5, 5.41) is 10.9. The number of nitrogens with one attached hydrogen (secondary N) is 2. The molecule has 1 aromatic heterocycles. The number of rotatable bonds is 2. The fourth-order valence-electron chi connectivity index (χ4n) is 2.45. The summed E-state index contributed by atoms with van der Waals surface area (Å²) in [6, 6.07) is 0. The lowest BCUT2D eigenvalue weighted by atomic mass is 9.91. The van der Waals surface area contributed by atoms with Crippen LogP contribution < -0.4 is 5.32 Å². The Morgan fingerprint density at radius 3 is 2.86 bits per heavy atom. The van der Waals surface area contributed by atoms with E-state index in [0.29, 0.717) is 5.92 Å². The molecule has 1 aliphatic carbocycles. The number of aromatic amines is 1. The molecule has 1 aromatic rings. The molecule has 3 rings (SSSR count). The summed E-state index contributed by atoms with van der Waals surface area (Å²) < 4.78 is 0. The average molecular weight is 191 g/mol. The molecule has 14 heavy (non-hydrogen) atoms. The Morgan fingerprint density at radius 2 is 2.14 bits per heavy atom. The Kier molecular flexibility index (Phi) is 2.05. The molecule has 3 heteroatoms. The van der Waals surface area contributed by atoms with Crippen molar-refractivity contribution in [2.45, 2.75) is 37.5 Å². The van der Waals surface area contributed by atoms with E-state index >= 15 is 0 Å². The summed E-state index contributed by atoms with van der Waals surface area (Å²) in [4.78, 5) is 0. The van der Waals surface area contributed by atoms with Gasteiger partial charge in [0.25, 0.3) is 0 Å². The third-order valence-electron chi connectivity index (χ3n) is 3.42. The molecule has 1 unspecified atom stereocenters. The van der Waals surface area contributed by atoms with Crippen molar-refractivity contribution >= 4 is 0 Å². The monoisotopic (exact) mass is 191 g/mol. The lowest BCUT2D eigenvalue weighted by molar-refractivity contribution is 0.459. The standard InChI is InChI=1S/C11H17N3/c1-2-9(6-12-5-1)10-7-13-14-11(10)8-3-4-8/h7-9,12H,1-6H2,(H,13,14). The molecule has 0 aromatic carbocycles. The van der Waals surface area contributed by atoms with Gasteiger partial charge in [0.05, 0.1) is 6.20 Å². The fraction of sp³-hybridized carbons (Fsp3) is 0.727. The van der Waals surface area contributed by atoms with Crippen LogP contribution in [0.15, 0.2) is 6.20 Å². The van der Waals surface area contributed by atoms with Gasteiger partial charge in [0.2, 0.25) is 0 Å². The van der Waals surface area contributed by atoms with Crippen LogP contribution in [0.3, 0.4) is 0 Å². The smallest absolute Gasteiger partial charge is 0.0525 e. The van der Waals surface area contributed by atoms with E-state index in [2.05, 4.69) is 15.5 Å². The Labute approximate surface area is 84.3 Å². The van der Waals surface area contributed by atoms with Crippen LogP contribution in [0.2, 0.25) is 0 Å². The minimum absolute atomic E-state index is 0.707. The van der Waals surface area contributed by atoms with E-state index in [9.17, 15) is 0 Å². The van der Waals surface area contributed by atoms with Gasteiger partial charge in [0.15, 0.2) is 0 Å². The van der Waals surface area contributed by atoms with Gasteiger partial charge in [0.1, 0.15) is 0 Å². The summed E-state index contributed by atoms with van der Waals surface area (Å²) in [5.41, 5.74) is 2.92. The molecular weight excluding hydrogens is 174 g/mol. The second-order valence-electron chi connectivity index (χ2n) is 4.56. The minimum Gasteiger partial charge on any atom is -0.316 e. The van der Waals surface area contributed by atoms with Crippen LogP contribution in [0.1, 0.15) is 48.8 Å². The Balaban J connectivity index is 1.82. The highest BCUT2D eigenvalue weighted by atomic mass is 15.1. The van der Waals surface area contributed by atoms with E-state index in [1.807, 2.05) is 6.20 Å². The molecule has 1 aliphatic heterocycles. The van der Waals surface area contributed by atoms with Crippen molar-refractivity contribution in [2.24, 2.45) is 0 Å². The summed E-state index contributed by atoms with van der Waals surface area (Å²) in [7, 11) is 0. The molecule has 76 valence electrons. The van der Waals surface area contributed by atoms with Gasteiger partial charge in [-0.05, 0) is 43.7 Å². The van der Waals surface area contributed by atoms with Crippen LogP contribution in [0, 0.1) is 0 Å². The molecule has 2 N–H and O–H groups in total. The largest absolute Gasteiger partial charge is 0.316 e. The molecule has 2 aliphatic rings. The highest BCUT2D eigenvalue weighted by Gasteiger charge is 2.30. The number of piperidine rings is 1. The van der Waals surface area contributed by atoms with Gasteiger partial charge in [-0.2, -0.15) is 5.10 Å². The van der Waals surface area contributed by atoms with Crippen molar-refractivity contribution in [1.82, 2.24) is 15.5 Å². The molecule has 2 heterocycles. The quantitative estimate of drug-likeness (QED) is 0.747. The predicted molar refractivity (Wildman–Crippen MR) is 55.4 cm³/mol. The molecule has 2 fully saturated rings. The summed E-state index contributed by atoms with van der Waals surface area (Å²) in [6.45, 7) is 2.33. The first kappa shape index (κ1) is 8.48. The van der Waals surface area contributed by atoms with Crippen LogP contribution >= 0.6 is 0 Å². The maximum absolute atomic E-state index is 4.21. The Bertz CT molecular complexity index is 308. The van der Waals surface area contributed by atoms with Crippen molar-refractivity contribution in [1.29, 1.82) is 0 Å². The molecule has 0 amide bonds. The third kappa shape index (κ3) is 1.46. The van der Waals surface area contributed by atoms with Crippen molar-refractivity contribution in [2.75, 3.05) is 13.1 Å². The van der Waals surface area contributed by atoms with E-state index in [1.165, 1.54) is 43.5 Å². The lowest BCUT2D eigenvalue weighted by Crippen LogP contribution is -2.28. The normalized spacial score (nSPS) is 27.9. The molecule has 1 saturated carbocycles. The molecular formula is C11H17N3. The molecule has 1 atom stereocenters. The van der Waals surface area contributed by atoms with E-state index in [4.69, 9.17) is 0 Å². The summed E-state index contributed by atoms with van der Waals surface area (Å²) in [6.07, 6.45) is 7.39. The molecule has 0 bridgehead atoms. The second-order valence-corrected chi connectivity index (χ2v) is 4.56. The fourth-order valence-corrected chi connectivity index (χ4v) is 2.45. The van der Waals surface area contributed by atoms with E-state index in [-0.39, 0.29) is 0 Å². The van der Waals surface area contributed by atoms with E-state index in [1.54, 1.807) is 0 Å². The molecule has 0 radical (unpaired) electrons. The Morgan fingerprint density at radius 1 is 1.21 bits per heavy atom.